The van der Waals surface area contributed by atoms with E-state index in [9.17, 15) is 13.6 Å². The molecule has 20 heavy (non-hydrogen) atoms. The third kappa shape index (κ3) is 3.52. The first-order chi connectivity index (χ1) is 9.61. The minimum Gasteiger partial charge on any atom is -0.465 e. The maximum absolute atomic E-state index is 13.7. The number of piperazine rings is 1. The van der Waals surface area contributed by atoms with Crippen LogP contribution in [0.4, 0.5) is 8.78 Å². The molecule has 4 nitrogen and oxygen atoms in total. The summed E-state index contributed by atoms with van der Waals surface area (Å²) in [5.74, 6) is -1.28. The summed E-state index contributed by atoms with van der Waals surface area (Å²) in [6.45, 7) is 3.97. The Labute approximate surface area is 116 Å². The molecule has 1 saturated heterocycles. The van der Waals surface area contributed by atoms with Gasteiger partial charge in [0, 0.05) is 31.7 Å². The van der Waals surface area contributed by atoms with Crippen LogP contribution in [0.2, 0.25) is 0 Å². The summed E-state index contributed by atoms with van der Waals surface area (Å²) < 4.78 is 31.9. The molecule has 1 heterocycles. The molecule has 1 fully saturated rings. The second-order valence-corrected chi connectivity index (χ2v) is 4.68. The zero-order valence-electron chi connectivity index (χ0n) is 11.4. The number of nitrogens with one attached hydrogen (secondary N) is 1. The highest BCUT2D eigenvalue weighted by Crippen LogP contribution is 2.16. The van der Waals surface area contributed by atoms with Gasteiger partial charge in [-0.15, -0.1) is 0 Å². The highest BCUT2D eigenvalue weighted by atomic mass is 19.1. The molecule has 110 valence electrons. The second-order valence-electron chi connectivity index (χ2n) is 4.68. The van der Waals surface area contributed by atoms with Crippen LogP contribution in [0, 0.1) is 11.6 Å². The Hall–Kier alpha value is -1.53. The number of rotatable bonds is 4. The number of benzene rings is 1. The summed E-state index contributed by atoms with van der Waals surface area (Å²) >= 11 is 0. The van der Waals surface area contributed by atoms with Crippen molar-refractivity contribution in [3.63, 3.8) is 0 Å². The van der Waals surface area contributed by atoms with Crippen LogP contribution < -0.4 is 5.32 Å². The molecule has 0 radical (unpaired) electrons. The van der Waals surface area contributed by atoms with Gasteiger partial charge in [0.15, 0.2) is 0 Å². The Kier molecular flexibility index (Phi) is 5.03. The zero-order chi connectivity index (χ0) is 14.5. The number of carbonyl (C=O) groups excluding carboxylic acids is 1. The van der Waals surface area contributed by atoms with Gasteiger partial charge in [0.1, 0.15) is 17.7 Å². The quantitative estimate of drug-likeness (QED) is 0.846. The van der Waals surface area contributed by atoms with E-state index in [0.717, 1.165) is 12.1 Å². The minimum absolute atomic E-state index is 0.189. The summed E-state index contributed by atoms with van der Waals surface area (Å²) in [4.78, 5) is 13.7. The van der Waals surface area contributed by atoms with Crippen molar-refractivity contribution in [2.24, 2.45) is 0 Å². The Bertz CT molecular complexity index is 482. The van der Waals surface area contributed by atoms with Gasteiger partial charge >= 0.3 is 5.97 Å². The molecule has 0 aliphatic carbocycles. The summed E-state index contributed by atoms with van der Waals surface area (Å²) in [5, 5.41) is 3.11. The molecule has 0 aromatic heterocycles. The molecule has 6 heteroatoms. The van der Waals surface area contributed by atoms with Crippen LogP contribution >= 0.6 is 0 Å². The van der Waals surface area contributed by atoms with Crippen molar-refractivity contribution in [3.05, 3.63) is 35.4 Å². The summed E-state index contributed by atoms with van der Waals surface area (Å²) in [6.07, 6.45) is 0. The third-order valence-corrected chi connectivity index (χ3v) is 3.29. The van der Waals surface area contributed by atoms with Crippen molar-refractivity contribution in [3.8, 4) is 0 Å². The summed E-state index contributed by atoms with van der Waals surface area (Å²) in [6, 6.07) is 2.89. The minimum atomic E-state index is -0.482. The van der Waals surface area contributed by atoms with E-state index in [0.29, 0.717) is 26.2 Å². The van der Waals surface area contributed by atoms with Gasteiger partial charge in [-0.05, 0) is 25.1 Å². The van der Waals surface area contributed by atoms with Gasteiger partial charge in [0.25, 0.3) is 0 Å². The number of nitrogens with zero attached hydrogens (tertiary/aromatic N) is 1. The first kappa shape index (κ1) is 14.9. The molecule has 2 rings (SSSR count). The van der Waals surface area contributed by atoms with E-state index in [1.165, 1.54) is 6.07 Å². The van der Waals surface area contributed by atoms with Gasteiger partial charge in [0.2, 0.25) is 0 Å². The van der Waals surface area contributed by atoms with E-state index in [1.807, 2.05) is 4.90 Å². The van der Waals surface area contributed by atoms with Crippen molar-refractivity contribution in [1.82, 2.24) is 10.2 Å². The first-order valence-corrected chi connectivity index (χ1v) is 6.67. The number of hydrogen-bond acceptors (Lipinski definition) is 4. The Morgan fingerprint density at radius 1 is 1.50 bits per heavy atom. The highest BCUT2D eigenvalue weighted by molar-refractivity contribution is 5.76. The lowest BCUT2D eigenvalue weighted by Crippen LogP contribution is -2.54. The van der Waals surface area contributed by atoms with Crippen LogP contribution in [0.3, 0.4) is 0 Å². The third-order valence-electron chi connectivity index (χ3n) is 3.29. The maximum Gasteiger partial charge on any atom is 0.324 e. The van der Waals surface area contributed by atoms with Crippen molar-refractivity contribution < 1.29 is 18.3 Å². The Morgan fingerprint density at radius 3 is 3.05 bits per heavy atom. The lowest BCUT2D eigenvalue weighted by Gasteiger charge is -2.34. The number of hydrogen-bond donors (Lipinski definition) is 1. The highest BCUT2D eigenvalue weighted by Gasteiger charge is 2.30. The van der Waals surface area contributed by atoms with Crippen LogP contribution in [-0.2, 0) is 16.1 Å². The molecule has 0 saturated carbocycles. The summed E-state index contributed by atoms with van der Waals surface area (Å²) in [5.41, 5.74) is 0.251. The monoisotopic (exact) mass is 284 g/mol. The van der Waals surface area contributed by atoms with Crippen LogP contribution in [0.5, 0.6) is 0 Å². The van der Waals surface area contributed by atoms with Gasteiger partial charge in [-0.25, -0.2) is 8.78 Å². The Balaban J connectivity index is 2.12. The van der Waals surface area contributed by atoms with Crippen molar-refractivity contribution in [1.29, 1.82) is 0 Å². The molecule has 1 aromatic carbocycles. The lowest BCUT2D eigenvalue weighted by molar-refractivity contribution is -0.150. The molecule has 1 aliphatic rings. The molecule has 0 spiro atoms. The normalized spacial score (nSPS) is 19.9. The largest absolute Gasteiger partial charge is 0.465 e. The van der Waals surface area contributed by atoms with Crippen molar-refractivity contribution >= 4 is 5.97 Å². The lowest BCUT2D eigenvalue weighted by atomic mass is 10.1. The fourth-order valence-electron chi connectivity index (χ4n) is 2.29. The average Bonchev–Trinajstić information content (AvgIpc) is 2.44. The molecular formula is C14H18F2N2O2. The van der Waals surface area contributed by atoms with E-state index in [-0.39, 0.29) is 18.1 Å². The average molecular weight is 284 g/mol. The number of esters is 1. The predicted octanol–water partition coefficient (Wildman–Crippen LogP) is 1.30. The van der Waals surface area contributed by atoms with Crippen LogP contribution in [0.25, 0.3) is 0 Å². The number of halogens is 2. The van der Waals surface area contributed by atoms with Crippen molar-refractivity contribution in [2.75, 3.05) is 26.2 Å². The van der Waals surface area contributed by atoms with E-state index < -0.39 is 17.7 Å². The van der Waals surface area contributed by atoms with E-state index >= 15 is 0 Å². The fraction of sp³-hybridized carbons (Fsp3) is 0.500. The summed E-state index contributed by atoms with van der Waals surface area (Å²) in [7, 11) is 0. The van der Waals surface area contributed by atoms with Crippen LogP contribution in [0.15, 0.2) is 18.2 Å². The van der Waals surface area contributed by atoms with Crippen molar-refractivity contribution in [2.45, 2.75) is 19.5 Å². The second kappa shape index (κ2) is 6.76. The van der Waals surface area contributed by atoms with Gasteiger partial charge < -0.3 is 10.1 Å². The van der Waals surface area contributed by atoms with E-state index in [1.54, 1.807) is 6.92 Å². The molecule has 1 aromatic rings. The molecule has 1 unspecified atom stereocenters. The molecule has 1 N–H and O–H groups in total. The zero-order valence-corrected chi connectivity index (χ0v) is 11.4. The van der Waals surface area contributed by atoms with Gasteiger partial charge in [-0.1, -0.05) is 0 Å². The molecule has 0 bridgehead atoms. The van der Waals surface area contributed by atoms with Gasteiger partial charge in [-0.3, -0.25) is 9.69 Å². The van der Waals surface area contributed by atoms with E-state index in [2.05, 4.69) is 5.32 Å². The fourth-order valence-corrected chi connectivity index (χ4v) is 2.29. The predicted molar refractivity (Wildman–Crippen MR) is 70.1 cm³/mol. The van der Waals surface area contributed by atoms with Gasteiger partial charge in [0.05, 0.1) is 6.61 Å². The smallest absolute Gasteiger partial charge is 0.324 e. The first-order valence-electron chi connectivity index (χ1n) is 6.67. The topological polar surface area (TPSA) is 41.6 Å². The molecule has 0 amide bonds. The Morgan fingerprint density at radius 2 is 2.30 bits per heavy atom. The van der Waals surface area contributed by atoms with Crippen LogP contribution in [0.1, 0.15) is 12.5 Å². The standard InChI is InChI=1S/C14H18F2N2O2/c1-2-20-14(19)13-8-17-5-6-18(13)9-10-7-11(15)3-4-12(10)16/h3-4,7,13,17H,2,5-6,8-9H2,1H3. The number of carbonyl (C=O) groups is 1. The molecule has 1 atom stereocenters. The number of ether oxygens (including phenoxy) is 1. The maximum atomic E-state index is 13.7. The van der Waals surface area contributed by atoms with E-state index in [4.69, 9.17) is 4.74 Å². The molecular weight excluding hydrogens is 266 g/mol. The van der Waals surface area contributed by atoms with Crippen LogP contribution in [-0.4, -0.2) is 43.2 Å². The van der Waals surface area contributed by atoms with Gasteiger partial charge in [-0.2, -0.15) is 0 Å². The SMILES string of the molecule is CCOC(=O)C1CNCCN1Cc1cc(F)ccc1F. The molecule has 1 aliphatic heterocycles.